The van der Waals surface area contributed by atoms with E-state index in [1.54, 1.807) is 11.3 Å². The topological polar surface area (TPSA) is 58.4 Å². The molecule has 1 saturated heterocycles. The number of hydrogen-bond acceptors (Lipinski definition) is 4. The van der Waals surface area contributed by atoms with Crippen LogP contribution in [0.3, 0.4) is 0 Å². The molecule has 0 aliphatic carbocycles. The van der Waals surface area contributed by atoms with E-state index in [1.807, 2.05) is 12.3 Å². The molecule has 2 rings (SSSR count). The van der Waals surface area contributed by atoms with Crippen LogP contribution >= 0.6 is 11.3 Å². The third-order valence-corrected chi connectivity index (χ3v) is 3.89. The molecule has 0 spiro atoms. The summed E-state index contributed by atoms with van der Waals surface area (Å²) >= 11 is 1.68. The number of nitrogens with one attached hydrogen (secondary N) is 1. The highest BCUT2D eigenvalue weighted by atomic mass is 32.1. The molecule has 4 nitrogen and oxygen atoms in total. The number of thiophene rings is 1. The van der Waals surface area contributed by atoms with Gasteiger partial charge < -0.3 is 11.1 Å². The lowest BCUT2D eigenvalue weighted by Crippen LogP contribution is -2.53. The first-order chi connectivity index (χ1) is 8.70. The van der Waals surface area contributed by atoms with Gasteiger partial charge in [0.05, 0.1) is 12.6 Å². The van der Waals surface area contributed by atoms with Gasteiger partial charge in [-0.3, -0.25) is 9.69 Å². The molecule has 1 aromatic rings. The zero-order chi connectivity index (χ0) is 13.0. The summed E-state index contributed by atoms with van der Waals surface area (Å²) in [7, 11) is 0. The molecule has 0 bridgehead atoms. The van der Waals surface area contributed by atoms with Crippen LogP contribution in [-0.4, -0.2) is 36.5 Å². The largest absolute Gasteiger partial charge is 0.353 e. The number of hydrogen-bond donors (Lipinski definition) is 2. The summed E-state index contributed by atoms with van der Waals surface area (Å²) in [6.07, 6.45) is 0. The smallest absolute Gasteiger partial charge is 0.237 e. The van der Waals surface area contributed by atoms with Gasteiger partial charge in [0.2, 0.25) is 5.91 Å². The second kappa shape index (κ2) is 6.01. The zero-order valence-electron chi connectivity index (χ0n) is 10.4. The van der Waals surface area contributed by atoms with Gasteiger partial charge in [0.1, 0.15) is 0 Å². The van der Waals surface area contributed by atoms with Crippen LogP contribution in [0, 0.1) is 11.8 Å². The number of rotatable bonds is 2. The number of amides is 1. The van der Waals surface area contributed by atoms with E-state index in [2.05, 4.69) is 28.1 Å². The van der Waals surface area contributed by atoms with E-state index < -0.39 is 0 Å². The Kier molecular flexibility index (Phi) is 4.37. The Labute approximate surface area is 111 Å². The van der Waals surface area contributed by atoms with Crippen LogP contribution in [-0.2, 0) is 11.3 Å². The van der Waals surface area contributed by atoms with Gasteiger partial charge in [0.15, 0.2) is 0 Å². The first-order valence-electron chi connectivity index (χ1n) is 5.99. The second-order valence-electron chi connectivity index (χ2n) is 4.25. The molecule has 18 heavy (non-hydrogen) atoms. The maximum Gasteiger partial charge on any atom is 0.237 e. The molecule has 1 unspecified atom stereocenters. The van der Waals surface area contributed by atoms with E-state index in [0.717, 1.165) is 25.2 Å². The van der Waals surface area contributed by atoms with Gasteiger partial charge in [-0.15, -0.1) is 11.3 Å². The number of carbonyl (C=O) groups is 1. The van der Waals surface area contributed by atoms with E-state index in [4.69, 9.17) is 5.73 Å². The van der Waals surface area contributed by atoms with Crippen molar-refractivity contribution in [3.63, 3.8) is 0 Å². The Morgan fingerprint density at radius 3 is 3.28 bits per heavy atom. The average Bonchev–Trinajstić information content (AvgIpc) is 2.80. The second-order valence-corrected chi connectivity index (χ2v) is 5.24. The minimum atomic E-state index is -0.0561. The minimum absolute atomic E-state index is 0.0561. The lowest BCUT2D eigenvalue weighted by molar-refractivity contribution is -0.128. The van der Waals surface area contributed by atoms with Gasteiger partial charge >= 0.3 is 0 Å². The molecule has 3 N–H and O–H groups in total. The van der Waals surface area contributed by atoms with Gasteiger partial charge in [-0.1, -0.05) is 11.8 Å². The highest BCUT2D eigenvalue weighted by Gasteiger charge is 2.25. The Hall–Kier alpha value is -1.35. The van der Waals surface area contributed by atoms with Gasteiger partial charge in [0.25, 0.3) is 0 Å². The fourth-order valence-electron chi connectivity index (χ4n) is 1.93. The summed E-state index contributed by atoms with van der Waals surface area (Å²) in [5, 5.41) is 4.90. The number of nitrogens with zero attached hydrogens (tertiary/aromatic N) is 1. The van der Waals surface area contributed by atoms with Crippen molar-refractivity contribution < 1.29 is 4.79 Å². The Morgan fingerprint density at radius 2 is 2.50 bits per heavy atom. The van der Waals surface area contributed by atoms with Crippen LogP contribution in [0.25, 0.3) is 0 Å². The summed E-state index contributed by atoms with van der Waals surface area (Å²) in [5.41, 5.74) is 6.35. The minimum Gasteiger partial charge on any atom is -0.353 e. The molecule has 1 atom stereocenters. The van der Waals surface area contributed by atoms with Crippen LogP contribution in [0.5, 0.6) is 0 Å². The van der Waals surface area contributed by atoms with E-state index in [9.17, 15) is 4.79 Å². The van der Waals surface area contributed by atoms with E-state index in [-0.39, 0.29) is 11.9 Å². The molecule has 1 aliphatic heterocycles. The highest BCUT2D eigenvalue weighted by molar-refractivity contribution is 7.10. The normalized spacial score (nSPS) is 20.1. The molecule has 5 heteroatoms. The molecule has 96 valence electrons. The van der Waals surface area contributed by atoms with E-state index in [0.29, 0.717) is 6.54 Å². The third-order valence-electron chi connectivity index (χ3n) is 2.97. The van der Waals surface area contributed by atoms with Crippen molar-refractivity contribution in [1.29, 1.82) is 0 Å². The van der Waals surface area contributed by atoms with Crippen molar-refractivity contribution in [1.82, 2.24) is 10.2 Å². The van der Waals surface area contributed by atoms with Crippen LogP contribution in [0.15, 0.2) is 11.4 Å². The molecule has 1 aromatic heterocycles. The number of nitrogens with two attached hydrogens (primary N) is 1. The predicted octanol–water partition coefficient (Wildman–Crippen LogP) is 0.379. The quantitative estimate of drug-likeness (QED) is 0.758. The van der Waals surface area contributed by atoms with Crippen LogP contribution in [0.1, 0.15) is 17.4 Å². The molecular weight excluding hydrogens is 246 g/mol. The maximum atomic E-state index is 11.6. The summed E-state index contributed by atoms with van der Waals surface area (Å²) in [6.45, 7) is 4.76. The molecule has 0 radical (unpaired) electrons. The van der Waals surface area contributed by atoms with Gasteiger partial charge in [-0.2, -0.15) is 0 Å². The van der Waals surface area contributed by atoms with Crippen LogP contribution < -0.4 is 11.1 Å². The average molecular weight is 263 g/mol. The van der Waals surface area contributed by atoms with Crippen molar-refractivity contribution >= 4 is 17.2 Å². The summed E-state index contributed by atoms with van der Waals surface area (Å²) in [4.78, 5) is 15.0. The fourth-order valence-corrected chi connectivity index (χ4v) is 2.77. The summed E-state index contributed by atoms with van der Waals surface area (Å²) < 4.78 is 0. The monoisotopic (exact) mass is 263 g/mol. The highest BCUT2D eigenvalue weighted by Crippen LogP contribution is 2.18. The van der Waals surface area contributed by atoms with Gasteiger partial charge in [-0.25, -0.2) is 0 Å². The standard InChI is InChI=1S/C13H17N3OS/c1-10-13(17)15-5-6-16(10)8-12-7-11(9-18-12)3-2-4-14/h7,9-10H,4-6,8,14H2,1H3,(H,15,17). The van der Waals surface area contributed by atoms with Gasteiger partial charge in [-0.05, 0) is 13.0 Å². The molecule has 1 aliphatic rings. The fraction of sp³-hybridized carbons (Fsp3) is 0.462. The van der Waals surface area contributed by atoms with Crippen molar-refractivity contribution in [2.24, 2.45) is 5.73 Å². The molecule has 0 saturated carbocycles. The van der Waals surface area contributed by atoms with E-state index >= 15 is 0 Å². The SMILES string of the molecule is CC1C(=O)NCCN1Cc1cc(C#CCN)cs1. The van der Waals surface area contributed by atoms with Crippen molar-refractivity contribution in [2.75, 3.05) is 19.6 Å². The van der Waals surface area contributed by atoms with Crippen LogP contribution in [0.2, 0.25) is 0 Å². The molecular formula is C13H17N3OS. The summed E-state index contributed by atoms with van der Waals surface area (Å²) in [6, 6.07) is 2.02. The molecule has 1 fully saturated rings. The van der Waals surface area contributed by atoms with Gasteiger partial charge in [0, 0.05) is 35.5 Å². The molecule has 1 amide bonds. The Bertz CT molecular complexity index is 486. The zero-order valence-corrected chi connectivity index (χ0v) is 11.2. The van der Waals surface area contributed by atoms with Crippen molar-refractivity contribution in [3.05, 3.63) is 21.9 Å². The third kappa shape index (κ3) is 3.10. The molecule has 2 heterocycles. The van der Waals surface area contributed by atoms with E-state index in [1.165, 1.54) is 4.88 Å². The first-order valence-corrected chi connectivity index (χ1v) is 6.87. The van der Waals surface area contributed by atoms with Crippen LogP contribution in [0.4, 0.5) is 0 Å². The Balaban J connectivity index is 2.00. The summed E-state index contributed by atoms with van der Waals surface area (Å²) in [5.74, 6) is 5.98. The first kappa shape index (κ1) is 13.1. The molecule has 0 aromatic carbocycles. The lowest BCUT2D eigenvalue weighted by Gasteiger charge is -2.32. The Morgan fingerprint density at radius 1 is 1.67 bits per heavy atom. The maximum absolute atomic E-state index is 11.6. The number of piperazine rings is 1. The van der Waals surface area contributed by atoms with Crippen molar-refractivity contribution in [2.45, 2.75) is 19.5 Å². The lowest BCUT2D eigenvalue weighted by atomic mass is 10.2. The predicted molar refractivity (Wildman–Crippen MR) is 73.1 cm³/mol. The number of carbonyl (C=O) groups excluding carboxylic acids is 1. The van der Waals surface area contributed by atoms with Crippen molar-refractivity contribution in [3.8, 4) is 11.8 Å².